The number of para-hydroxylation sites is 1. The zero-order chi connectivity index (χ0) is 12.8. The van der Waals surface area contributed by atoms with Crippen molar-refractivity contribution in [2.24, 2.45) is 0 Å². The summed E-state index contributed by atoms with van der Waals surface area (Å²) in [6.45, 7) is 8.78. The second-order valence-electron chi connectivity index (χ2n) is 4.69. The quantitative estimate of drug-likeness (QED) is 0.619. The normalized spacial score (nSPS) is 17.9. The SMILES string of the molecule is C=C(C)COCCNC1CCOc2ccccc21. The molecule has 1 N–H and O–H groups in total. The van der Waals surface area contributed by atoms with Crippen LogP contribution < -0.4 is 10.1 Å². The van der Waals surface area contributed by atoms with Crippen molar-refractivity contribution in [2.75, 3.05) is 26.4 Å². The Morgan fingerprint density at radius 2 is 2.33 bits per heavy atom. The molecular weight excluding hydrogens is 226 g/mol. The number of rotatable bonds is 6. The maximum absolute atomic E-state index is 5.63. The minimum atomic E-state index is 0.378. The predicted molar refractivity (Wildman–Crippen MR) is 72.9 cm³/mol. The molecule has 98 valence electrons. The molecule has 0 aromatic heterocycles. The lowest BCUT2D eigenvalue weighted by Crippen LogP contribution is -2.29. The van der Waals surface area contributed by atoms with Gasteiger partial charge in [-0.3, -0.25) is 0 Å². The molecule has 1 unspecified atom stereocenters. The summed E-state index contributed by atoms with van der Waals surface area (Å²) in [5.41, 5.74) is 2.31. The summed E-state index contributed by atoms with van der Waals surface area (Å²) in [6.07, 6.45) is 1.01. The summed E-state index contributed by atoms with van der Waals surface area (Å²) in [7, 11) is 0. The van der Waals surface area contributed by atoms with Gasteiger partial charge in [-0.2, -0.15) is 0 Å². The molecule has 1 aromatic carbocycles. The molecule has 3 nitrogen and oxygen atoms in total. The van der Waals surface area contributed by atoms with E-state index in [9.17, 15) is 0 Å². The average molecular weight is 247 g/mol. The Bertz CT molecular complexity index is 403. The van der Waals surface area contributed by atoms with Gasteiger partial charge in [-0.1, -0.05) is 30.4 Å². The lowest BCUT2D eigenvalue weighted by molar-refractivity contribution is 0.151. The topological polar surface area (TPSA) is 30.5 Å². The van der Waals surface area contributed by atoms with Crippen molar-refractivity contribution < 1.29 is 9.47 Å². The highest BCUT2D eigenvalue weighted by Crippen LogP contribution is 2.31. The van der Waals surface area contributed by atoms with E-state index in [2.05, 4.69) is 24.0 Å². The van der Waals surface area contributed by atoms with E-state index in [-0.39, 0.29) is 0 Å². The van der Waals surface area contributed by atoms with Crippen LogP contribution in [0.25, 0.3) is 0 Å². The number of hydrogen-bond acceptors (Lipinski definition) is 3. The Morgan fingerprint density at radius 1 is 1.50 bits per heavy atom. The first-order chi connectivity index (χ1) is 8.77. The summed E-state index contributed by atoms with van der Waals surface area (Å²) in [5, 5.41) is 3.52. The lowest BCUT2D eigenvalue weighted by Gasteiger charge is -2.26. The van der Waals surface area contributed by atoms with E-state index in [4.69, 9.17) is 9.47 Å². The summed E-state index contributed by atoms with van der Waals surface area (Å²) >= 11 is 0. The molecule has 1 aliphatic rings. The molecule has 3 heteroatoms. The van der Waals surface area contributed by atoms with Crippen molar-refractivity contribution >= 4 is 0 Å². The summed E-state index contributed by atoms with van der Waals surface area (Å²) < 4.78 is 11.1. The van der Waals surface area contributed by atoms with E-state index in [0.29, 0.717) is 19.3 Å². The molecule has 1 heterocycles. The van der Waals surface area contributed by atoms with Crippen LogP contribution in [-0.4, -0.2) is 26.4 Å². The van der Waals surface area contributed by atoms with Crippen molar-refractivity contribution in [3.63, 3.8) is 0 Å². The van der Waals surface area contributed by atoms with Gasteiger partial charge in [-0.25, -0.2) is 0 Å². The second-order valence-corrected chi connectivity index (χ2v) is 4.69. The minimum absolute atomic E-state index is 0.378. The number of nitrogens with one attached hydrogen (secondary N) is 1. The zero-order valence-electron chi connectivity index (χ0n) is 10.9. The standard InChI is InChI=1S/C15H21NO2/c1-12(2)11-17-10-8-16-14-7-9-18-15-6-4-3-5-13(14)15/h3-6,14,16H,1,7-11H2,2H3. The van der Waals surface area contributed by atoms with Gasteiger partial charge < -0.3 is 14.8 Å². The van der Waals surface area contributed by atoms with Gasteiger partial charge in [-0.15, -0.1) is 0 Å². The van der Waals surface area contributed by atoms with E-state index in [0.717, 1.165) is 30.9 Å². The molecule has 18 heavy (non-hydrogen) atoms. The third kappa shape index (κ3) is 3.59. The maximum Gasteiger partial charge on any atom is 0.124 e. The fourth-order valence-electron chi connectivity index (χ4n) is 2.11. The average Bonchev–Trinajstić information content (AvgIpc) is 2.38. The predicted octanol–water partition coefficient (Wildman–Crippen LogP) is 2.69. The Morgan fingerprint density at radius 3 is 3.17 bits per heavy atom. The number of hydrogen-bond donors (Lipinski definition) is 1. The smallest absolute Gasteiger partial charge is 0.124 e. The molecule has 1 aliphatic heterocycles. The van der Waals surface area contributed by atoms with Gasteiger partial charge in [0.15, 0.2) is 0 Å². The first-order valence-electron chi connectivity index (χ1n) is 6.44. The molecule has 0 aliphatic carbocycles. The molecule has 0 radical (unpaired) electrons. The summed E-state index contributed by atoms with van der Waals surface area (Å²) in [4.78, 5) is 0. The largest absolute Gasteiger partial charge is 0.493 e. The first-order valence-corrected chi connectivity index (χ1v) is 6.44. The molecule has 1 atom stereocenters. The summed E-state index contributed by atoms with van der Waals surface area (Å²) in [6, 6.07) is 8.60. The van der Waals surface area contributed by atoms with Crippen LogP contribution >= 0.6 is 0 Å². The molecule has 2 rings (SSSR count). The molecule has 0 spiro atoms. The lowest BCUT2D eigenvalue weighted by atomic mass is 10.0. The number of benzene rings is 1. The van der Waals surface area contributed by atoms with Crippen molar-refractivity contribution in [2.45, 2.75) is 19.4 Å². The van der Waals surface area contributed by atoms with Crippen molar-refractivity contribution in [1.82, 2.24) is 5.32 Å². The highest BCUT2D eigenvalue weighted by Gasteiger charge is 2.19. The van der Waals surface area contributed by atoms with E-state index in [1.54, 1.807) is 0 Å². The first kappa shape index (κ1) is 13.1. The van der Waals surface area contributed by atoms with E-state index in [1.165, 1.54) is 5.56 Å². The van der Waals surface area contributed by atoms with E-state index < -0.39 is 0 Å². The van der Waals surface area contributed by atoms with Crippen LogP contribution in [0, 0.1) is 0 Å². The van der Waals surface area contributed by atoms with Crippen LogP contribution in [0.15, 0.2) is 36.4 Å². The van der Waals surface area contributed by atoms with Gasteiger partial charge in [0.1, 0.15) is 5.75 Å². The maximum atomic E-state index is 5.63. The monoisotopic (exact) mass is 247 g/mol. The highest BCUT2D eigenvalue weighted by atomic mass is 16.5. The fourth-order valence-corrected chi connectivity index (χ4v) is 2.11. The Balaban J connectivity index is 1.79. The third-order valence-corrected chi connectivity index (χ3v) is 2.94. The van der Waals surface area contributed by atoms with E-state index in [1.807, 2.05) is 19.1 Å². The Labute approximate surface area is 109 Å². The molecule has 0 saturated heterocycles. The van der Waals surface area contributed by atoms with Crippen molar-refractivity contribution in [3.8, 4) is 5.75 Å². The second kappa shape index (κ2) is 6.57. The van der Waals surface area contributed by atoms with Gasteiger partial charge in [0.05, 0.1) is 19.8 Å². The molecule has 0 amide bonds. The minimum Gasteiger partial charge on any atom is -0.493 e. The van der Waals surface area contributed by atoms with Crippen LogP contribution in [-0.2, 0) is 4.74 Å². The number of fused-ring (bicyclic) bond motifs is 1. The summed E-state index contributed by atoms with van der Waals surface area (Å²) in [5.74, 6) is 1.00. The molecule has 0 saturated carbocycles. The third-order valence-electron chi connectivity index (χ3n) is 2.94. The van der Waals surface area contributed by atoms with Gasteiger partial charge in [0, 0.05) is 24.6 Å². The molecular formula is C15H21NO2. The van der Waals surface area contributed by atoms with Gasteiger partial charge in [-0.05, 0) is 13.0 Å². The van der Waals surface area contributed by atoms with Gasteiger partial charge in [0.25, 0.3) is 0 Å². The van der Waals surface area contributed by atoms with Crippen LogP contribution in [0.4, 0.5) is 0 Å². The Kier molecular flexibility index (Phi) is 4.79. The van der Waals surface area contributed by atoms with Crippen LogP contribution in [0.2, 0.25) is 0 Å². The molecule has 0 fully saturated rings. The van der Waals surface area contributed by atoms with Gasteiger partial charge in [0.2, 0.25) is 0 Å². The molecule has 0 bridgehead atoms. The fraction of sp³-hybridized carbons (Fsp3) is 0.467. The van der Waals surface area contributed by atoms with Crippen molar-refractivity contribution in [3.05, 3.63) is 42.0 Å². The Hall–Kier alpha value is -1.32. The van der Waals surface area contributed by atoms with Crippen molar-refractivity contribution in [1.29, 1.82) is 0 Å². The van der Waals surface area contributed by atoms with Crippen LogP contribution in [0.5, 0.6) is 5.75 Å². The zero-order valence-corrected chi connectivity index (χ0v) is 10.9. The highest BCUT2D eigenvalue weighted by molar-refractivity contribution is 5.37. The van der Waals surface area contributed by atoms with Crippen LogP contribution in [0.3, 0.4) is 0 Å². The van der Waals surface area contributed by atoms with E-state index >= 15 is 0 Å². The van der Waals surface area contributed by atoms with Crippen LogP contribution in [0.1, 0.15) is 24.9 Å². The molecule has 1 aromatic rings. The number of ether oxygens (including phenoxy) is 2. The van der Waals surface area contributed by atoms with Gasteiger partial charge >= 0.3 is 0 Å².